The molecule has 0 spiro atoms. The zero-order valence-electron chi connectivity index (χ0n) is 19.2. The van der Waals surface area contributed by atoms with E-state index < -0.39 is 27.3 Å². The molecule has 0 bridgehead atoms. The van der Waals surface area contributed by atoms with E-state index in [1.165, 1.54) is 6.07 Å². The summed E-state index contributed by atoms with van der Waals surface area (Å²) in [5.41, 5.74) is 0.135. The lowest BCUT2D eigenvalue weighted by atomic mass is 10.1. The Labute approximate surface area is 211 Å². The Bertz CT molecular complexity index is 1450. The highest BCUT2D eigenvalue weighted by atomic mass is 35.5. The van der Waals surface area contributed by atoms with Crippen LogP contribution in [0.25, 0.3) is 10.9 Å². The number of sulfonamides is 1. The predicted molar refractivity (Wildman–Crippen MR) is 131 cm³/mol. The molecular formula is C23H24ClFN4O6S. The van der Waals surface area contributed by atoms with Gasteiger partial charge < -0.3 is 19.8 Å². The number of carbonyl (C=O) groups excluding carboxylic acids is 1. The maximum atomic E-state index is 14.5. The van der Waals surface area contributed by atoms with Crippen LogP contribution in [0.2, 0.25) is 5.02 Å². The maximum absolute atomic E-state index is 14.5. The minimum atomic E-state index is -3.35. The molecule has 1 aliphatic rings. The highest BCUT2D eigenvalue weighted by Crippen LogP contribution is 2.26. The van der Waals surface area contributed by atoms with Crippen molar-refractivity contribution in [1.82, 2.24) is 20.0 Å². The number of fused-ring (bicyclic) bond motifs is 1. The molecule has 1 aliphatic heterocycles. The topological polar surface area (TPSA) is 139 Å². The first-order chi connectivity index (χ1) is 17.1. The summed E-state index contributed by atoms with van der Waals surface area (Å²) in [6, 6.07) is 9.01. The van der Waals surface area contributed by atoms with E-state index in [2.05, 4.69) is 20.0 Å². The van der Waals surface area contributed by atoms with E-state index in [1.54, 1.807) is 24.3 Å². The van der Waals surface area contributed by atoms with Crippen molar-refractivity contribution in [3.05, 3.63) is 69.0 Å². The summed E-state index contributed by atoms with van der Waals surface area (Å²) in [6.45, 7) is 0.419. The minimum Gasteiger partial charge on any atom is -0.489 e. The van der Waals surface area contributed by atoms with Crippen LogP contribution in [0.15, 0.2) is 41.2 Å². The zero-order chi connectivity index (χ0) is 25.9. The first kappa shape index (κ1) is 26.0. The number of H-pyrrole nitrogens is 1. The number of hydrogen-bond donors (Lipinski definition) is 3. The van der Waals surface area contributed by atoms with Gasteiger partial charge in [-0.15, -0.1) is 0 Å². The van der Waals surface area contributed by atoms with Crippen LogP contribution in [0, 0.1) is 5.82 Å². The highest BCUT2D eigenvalue weighted by molar-refractivity contribution is 7.88. The fourth-order valence-electron chi connectivity index (χ4n) is 3.92. The van der Waals surface area contributed by atoms with Crippen LogP contribution in [-0.2, 0) is 21.3 Å². The van der Waals surface area contributed by atoms with Crippen LogP contribution in [0.4, 0.5) is 4.39 Å². The van der Waals surface area contributed by atoms with Gasteiger partial charge in [0, 0.05) is 24.0 Å². The van der Waals surface area contributed by atoms with Crippen LogP contribution in [0.3, 0.4) is 0 Å². The highest BCUT2D eigenvalue weighted by Gasteiger charge is 2.27. The lowest BCUT2D eigenvalue weighted by molar-refractivity contribution is 0.0886. The summed E-state index contributed by atoms with van der Waals surface area (Å²) in [5.74, 6) is -1.87. The summed E-state index contributed by atoms with van der Waals surface area (Å²) in [4.78, 5) is 31.9. The molecule has 10 nitrogen and oxygen atoms in total. The smallest absolute Gasteiger partial charge is 0.287 e. The number of aromatic nitrogens is 2. The first-order valence-electron chi connectivity index (χ1n) is 11.1. The quantitative estimate of drug-likeness (QED) is 0.379. The summed E-state index contributed by atoms with van der Waals surface area (Å²) >= 11 is 5.95. The van der Waals surface area contributed by atoms with Gasteiger partial charge in [0.15, 0.2) is 17.4 Å². The lowest BCUT2D eigenvalue weighted by Crippen LogP contribution is -2.34. The number of rotatable bonds is 9. The zero-order valence-corrected chi connectivity index (χ0v) is 20.8. The second kappa shape index (κ2) is 10.9. The molecule has 1 aromatic heterocycles. The molecule has 1 amide bonds. The van der Waals surface area contributed by atoms with Crippen LogP contribution >= 0.6 is 11.6 Å². The third-order valence-corrected chi connectivity index (χ3v) is 6.48. The molecule has 192 valence electrons. The lowest BCUT2D eigenvalue weighted by Gasteiger charge is -2.13. The van der Waals surface area contributed by atoms with E-state index in [0.29, 0.717) is 17.9 Å². The van der Waals surface area contributed by atoms with Crippen molar-refractivity contribution in [2.75, 3.05) is 19.5 Å². The van der Waals surface area contributed by atoms with Gasteiger partial charge in [0.1, 0.15) is 5.39 Å². The number of amides is 1. The molecule has 2 heterocycles. The fraction of sp³-hybridized carbons (Fsp3) is 0.348. The van der Waals surface area contributed by atoms with Gasteiger partial charge in [0.2, 0.25) is 10.0 Å². The Balaban J connectivity index is 1.43. The molecule has 4 rings (SSSR count). The molecule has 36 heavy (non-hydrogen) atoms. The summed E-state index contributed by atoms with van der Waals surface area (Å²) in [6.07, 6.45) is 1.60. The summed E-state index contributed by atoms with van der Waals surface area (Å²) < 4.78 is 50.9. The number of carbonyl (C=O) groups is 1. The largest absolute Gasteiger partial charge is 0.489 e. The molecule has 0 radical (unpaired) electrons. The second-order valence-electron chi connectivity index (χ2n) is 8.41. The minimum absolute atomic E-state index is 0.0214. The molecule has 3 aromatic rings. The number of aromatic amines is 1. The number of hydrogen-bond acceptors (Lipinski definition) is 7. The van der Waals surface area contributed by atoms with Gasteiger partial charge in [0.05, 0.1) is 31.1 Å². The molecule has 13 heteroatoms. The fourth-order valence-corrected chi connectivity index (χ4v) is 4.91. The van der Waals surface area contributed by atoms with Crippen LogP contribution in [0.5, 0.6) is 5.75 Å². The second-order valence-corrected chi connectivity index (χ2v) is 10.6. The van der Waals surface area contributed by atoms with Crippen LogP contribution < -0.4 is 20.3 Å². The van der Waals surface area contributed by atoms with E-state index in [0.717, 1.165) is 17.9 Å². The predicted octanol–water partition coefficient (Wildman–Crippen LogP) is 2.12. The number of nitrogens with one attached hydrogen (secondary N) is 3. The number of nitrogens with zero attached hydrogens (tertiary/aromatic N) is 1. The van der Waals surface area contributed by atoms with E-state index in [4.69, 9.17) is 21.1 Å². The average Bonchev–Trinajstić information content (AvgIpc) is 3.24. The number of benzene rings is 2. The van der Waals surface area contributed by atoms with Crippen molar-refractivity contribution in [1.29, 1.82) is 0 Å². The summed E-state index contributed by atoms with van der Waals surface area (Å²) in [7, 11) is -3.35. The third-order valence-electron chi connectivity index (χ3n) is 5.48. The monoisotopic (exact) mass is 538 g/mol. The van der Waals surface area contributed by atoms with E-state index in [-0.39, 0.29) is 54.4 Å². The van der Waals surface area contributed by atoms with Crippen molar-refractivity contribution in [3.8, 4) is 5.75 Å². The SMILES string of the molecule is CS(=O)(=O)NC1COC(CCOc2c(F)ccc3nc(C(=O)NCc4cccc(Cl)c4)[nH]c(=O)c23)C1. The summed E-state index contributed by atoms with van der Waals surface area (Å²) in [5, 5.41) is 3.06. The van der Waals surface area contributed by atoms with Gasteiger partial charge in [-0.05, 0) is 36.2 Å². The van der Waals surface area contributed by atoms with E-state index in [1.807, 2.05) is 0 Å². The Kier molecular flexibility index (Phi) is 7.88. The van der Waals surface area contributed by atoms with Crippen LogP contribution in [-0.4, -0.2) is 55.9 Å². The average molecular weight is 539 g/mol. The van der Waals surface area contributed by atoms with Gasteiger partial charge in [0.25, 0.3) is 11.5 Å². The molecule has 0 aliphatic carbocycles. The van der Waals surface area contributed by atoms with E-state index >= 15 is 0 Å². The van der Waals surface area contributed by atoms with E-state index in [9.17, 15) is 22.4 Å². The Hall–Kier alpha value is -3.06. The molecular weight excluding hydrogens is 515 g/mol. The molecule has 2 aromatic carbocycles. The van der Waals surface area contributed by atoms with Gasteiger partial charge in [-0.3, -0.25) is 9.59 Å². The standard InChI is InChI=1S/C23H24ClFN4O6S/c1-36(32,33)29-15-10-16(35-12-15)7-8-34-20-17(25)5-6-18-19(20)22(30)28-21(27-18)23(31)26-11-13-3-2-4-14(24)9-13/h2-6,9,15-16,29H,7-8,10-12H2,1H3,(H,26,31)(H,27,28,30). The molecule has 2 unspecified atom stereocenters. The maximum Gasteiger partial charge on any atom is 0.287 e. The van der Waals surface area contributed by atoms with Crippen LogP contribution in [0.1, 0.15) is 29.0 Å². The normalized spacial score (nSPS) is 17.9. The molecule has 0 saturated carbocycles. The van der Waals surface area contributed by atoms with Gasteiger partial charge >= 0.3 is 0 Å². The van der Waals surface area contributed by atoms with Crippen molar-refractivity contribution in [2.24, 2.45) is 0 Å². The Morgan fingerprint density at radius 3 is 2.89 bits per heavy atom. The van der Waals surface area contributed by atoms with Gasteiger partial charge in [-0.1, -0.05) is 23.7 Å². The number of ether oxygens (including phenoxy) is 2. The van der Waals surface area contributed by atoms with Gasteiger partial charge in [-0.25, -0.2) is 22.5 Å². The van der Waals surface area contributed by atoms with Crippen molar-refractivity contribution >= 4 is 38.4 Å². The van der Waals surface area contributed by atoms with Crippen molar-refractivity contribution in [2.45, 2.75) is 31.5 Å². The molecule has 3 N–H and O–H groups in total. The molecule has 1 fully saturated rings. The Morgan fingerprint density at radius 1 is 1.33 bits per heavy atom. The third kappa shape index (κ3) is 6.58. The first-order valence-corrected chi connectivity index (χ1v) is 13.3. The van der Waals surface area contributed by atoms with Crippen molar-refractivity contribution in [3.63, 3.8) is 0 Å². The van der Waals surface area contributed by atoms with Crippen molar-refractivity contribution < 1.29 is 27.1 Å². The van der Waals surface area contributed by atoms with Gasteiger partial charge in [-0.2, -0.15) is 0 Å². The molecule has 2 atom stereocenters. The number of halogens is 2. The Morgan fingerprint density at radius 2 is 2.14 bits per heavy atom. The molecule has 1 saturated heterocycles.